The molecule has 0 heterocycles. The summed E-state index contributed by atoms with van der Waals surface area (Å²) in [5, 5.41) is 0. The summed E-state index contributed by atoms with van der Waals surface area (Å²) in [6.45, 7) is 14.5. The van der Waals surface area contributed by atoms with E-state index in [2.05, 4.69) is 52.8 Å². The van der Waals surface area contributed by atoms with Gasteiger partial charge in [-0.05, 0) is 105 Å². The maximum Gasteiger partial charge on any atom is 0.185 e. The summed E-state index contributed by atoms with van der Waals surface area (Å²) < 4.78 is 0. The topological polar surface area (TPSA) is 34.1 Å². The van der Waals surface area contributed by atoms with Crippen molar-refractivity contribution in [1.29, 1.82) is 0 Å². The predicted octanol–water partition coefficient (Wildman–Crippen LogP) is 8.02. The van der Waals surface area contributed by atoms with E-state index in [1.54, 1.807) is 19.9 Å². The van der Waals surface area contributed by atoms with Gasteiger partial charge in [0.25, 0.3) is 0 Å². The van der Waals surface area contributed by atoms with E-state index >= 15 is 0 Å². The lowest BCUT2D eigenvalue weighted by Gasteiger charge is -2.16. The van der Waals surface area contributed by atoms with Crippen LogP contribution < -0.4 is 0 Å². The van der Waals surface area contributed by atoms with Gasteiger partial charge in [0.1, 0.15) is 0 Å². The molecule has 0 bridgehead atoms. The molecule has 0 saturated carbocycles. The quantitative estimate of drug-likeness (QED) is 0.241. The van der Waals surface area contributed by atoms with Gasteiger partial charge in [0.05, 0.1) is 0 Å². The molecule has 2 heteroatoms. The number of allylic oxidation sites excluding steroid dienone is 10. The van der Waals surface area contributed by atoms with Gasteiger partial charge in [0.15, 0.2) is 11.6 Å². The molecule has 0 aromatic rings. The van der Waals surface area contributed by atoms with Crippen LogP contribution in [0.3, 0.4) is 0 Å². The maximum absolute atomic E-state index is 12.3. The largest absolute Gasteiger partial charge is 0.290 e. The third-order valence-corrected chi connectivity index (χ3v) is 6.05. The molecule has 1 aliphatic rings. The molecular formula is C28H42O2. The van der Waals surface area contributed by atoms with Crippen molar-refractivity contribution in [2.24, 2.45) is 5.92 Å². The van der Waals surface area contributed by atoms with E-state index in [9.17, 15) is 9.59 Å². The van der Waals surface area contributed by atoms with Gasteiger partial charge in [-0.2, -0.15) is 0 Å². The Balaban J connectivity index is 2.31. The second kappa shape index (κ2) is 13.4. The minimum atomic E-state index is -0.00506. The van der Waals surface area contributed by atoms with Crippen molar-refractivity contribution in [3.05, 3.63) is 57.7 Å². The maximum atomic E-state index is 12.3. The number of Topliss-reactive ketones (excluding diaryl/α,β-unsaturated/α-hetero) is 1. The van der Waals surface area contributed by atoms with Crippen LogP contribution in [-0.4, -0.2) is 11.6 Å². The van der Waals surface area contributed by atoms with E-state index in [4.69, 9.17) is 0 Å². The fourth-order valence-electron chi connectivity index (χ4n) is 3.61. The second-order valence-electron chi connectivity index (χ2n) is 9.29. The molecule has 1 atom stereocenters. The first kappa shape index (κ1) is 26.1. The summed E-state index contributed by atoms with van der Waals surface area (Å²) in [6.07, 6.45) is 17.0. The molecule has 0 radical (unpaired) electrons. The molecule has 2 nitrogen and oxygen atoms in total. The zero-order valence-corrected chi connectivity index (χ0v) is 20.4. The lowest BCUT2D eigenvalue weighted by Crippen LogP contribution is -2.17. The van der Waals surface area contributed by atoms with Gasteiger partial charge in [-0.25, -0.2) is 0 Å². The normalized spacial score (nSPS) is 16.7. The van der Waals surface area contributed by atoms with Gasteiger partial charge in [-0.1, -0.05) is 41.9 Å². The van der Waals surface area contributed by atoms with Crippen molar-refractivity contribution < 1.29 is 9.59 Å². The molecule has 0 aromatic heterocycles. The Hall–Kier alpha value is -1.96. The van der Waals surface area contributed by atoms with E-state index in [1.165, 1.54) is 16.7 Å². The van der Waals surface area contributed by atoms with Crippen LogP contribution in [0, 0.1) is 5.92 Å². The second-order valence-corrected chi connectivity index (χ2v) is 9.29. The zero-order chi connectivity index (χ0) is 22.7. The van der Waals surface area contributed by atoms with Crippen molar-refractivity contribution in [3.63, 3.8) is 0 Å². The van der Waals surface area contributed by atoms with Crippen LogP contribution in [0.5, 0.6) is 0 Å². The van der Waals surface area contributed by atoms with Crippen molar-refractivity contribution >= 4 is 11.6 Å². The molecule has 166 valence electrons. The molecule has 0 N–H and O–H groups in total. The Morgan fingerprint density at radius 3 is 2.00 bits per heavy atom. The highest BCUT2D eigenvalue weighted by molar-refractivity contribution is 6.22. The molecule has 0 spiro atoms. The monoisotopic (exact) mass is 410 g/mol. The summed E-state index contributed by atoms with van der Waals surface area (Å²) in [6, 6.07) is 0. The van der Waals surface area contributed by atoms with Crippen molar-refractivity contribution in [2.75, 3.05) is 0 Å². The van der Waals surface area contributed by atoms with E-state index in [0.717, 1.165) is 44.9 Å². The molecule has 30 heavy (non-hydrogen) atoms. The lowest BCUT2D eigenvalue weighted by molar-refractivity contribution is -0.116. The minimum absolute atomic E-state index is 0.00506. The molecular weight excluding hydrogens is 368 g/mol. The number of carbonyl (C=O) groups is 2. The smallest absolute Gasteiger partial charge is 0.185 e. The van der Waals surface area contributed by atoms with E-state index in [0.29, 0.717) is 29.1 Å². The van der Waals surface area contributed by atoms with E-state index in [1.807, 2.05) is 0 Å². The molecule has 0 aliphatic heterocycles. The first-order valence-corrected chi connectivity index (χ1v) is 11.5. The van der Waals surface area contributed by atoms with Crippen LogP contribution in [0.25, 0.3) is 0 Å². The highest BCUT2D eigenvalue weighted by Gasteiger charge is 2.22. The van der Waals surface area contributed by atoms with Crippen molar-refractivity contribution in [1.82, 2.24) is 0 Å². The summed E-state index contributed by atoms with van der Waals surface area (Å²) in [5.74, 6) is 0.594. The predicted molar refractivity (Wildman–Crippen MR) is 130 cm³/mol. The first-order chi connectivity index (χ1) is 14.1. The molecule has 0 aromatic carbocycles. The number of ketones is 2. The van der Waals surface area contributed by atoms with Gasteiger partial charge in [-0.15, -0.1) is 0 Å². The van der Waals surface area contributed by atoms with Crippen molar-refractivity contribution in [2.45, 2.75) is 99.8 Å². The van der Waals surface area contributed by atoms with Gasteiger partial charge < -0.3 is 0 Å². The van der Waals surface area contributed by atoms with Crippen LogP contribution in [0.15, 0.2) is 57.7 Å². The van der Waals surface area contributed by atoms with Crippen LogP contribution in [-0.2, 0) is 9.59 Å². The Kier molecular flexibility index (Phi) is 11.6. The standard InChI is InChI=1S/C28H42O2/c1-20(2)11-8-12-21(3)13-9-14-22(4)15-10-16-23(5)17-18-26-19-27(29)24(6)25(7)28(26)30/h11,13,15,19,23H,8-10,12,14,16-18H2,1-7H3/b21-13+,22-15+. The number of carbonyl (C=O) groups excluding carboxylic acids is 2. The van der Waals surface area contributed by atoms with Crippen molar-refractivity contribution in [3.8, 4) is 0 Å². The molecule has 1 rings (SSSR count). The average Bonchev–Trinajstić information content (AvgIpc) is 2.67. The van der Waals surface area contributed by atoms with Gasteiger partial charge in [0, 0.05) is 16.7 Å². The molecule has 1 aliphatic carbocycles. The molecule has 0 amide bonds. The lowest BCUT2D eigenvalue weighted by atomic mass is 9.87. The summed E-state index contributed by atoms with van der Waals surface area (Å²) in [5.41, 5.74) is 6.24. The minimum Gasteiger partial charge on any atom is -0.290 e. The number of rotatable bonds is 12. The number of hydrogen-bond donors (Lipinski definition) is 0. The first-order valence-electron chi connectivity index (χ1n) is 11.5. The molecule has 1 unspecified atom stereocenters. The molecule has 0 saturated heterocycles. The Bertz CT molecular complexity index is 764. The third-order valence-electron chi connectivity index (χ3n) is 6.05. The SMILES string of the molecule is CC(C)=CCC/C(C)=C/CC/C(C)=C/CCC(C)CCC1=CC(=O)C(C)=C(C)C1=O. The average molecular weight is 411 g/mol. The fourth-order valence-corrected chi connectivity index (χ4v) is 3.61. The summed E-state index contributed by atoms with van der Waals surface area (Å²) in [4.78, 5) is 24.3. The van der Waals surface area contributed by atoms with Gasteiger partial charge >= 0.3 is 0 Å². The fraction of sp³-hybridized carbons (Fsp3) is 0.571. The van der Waals surface area contributed by atoms with Crippen LogP contribution in [0.2, 0.25) is 0 Å². The molecule has 0 fully saturated rings. The van der Waals surface area contributed by atoms with E-state index in [-0.39, 0.29) is 11.6 Å². The highest BCUT2D eigenvalue weighted by Crippen LogP contribution is 2.25. The Morgan fingerprint density at radius 2 is 1.40 bits per heavy atom. The third kappa shape index (κ3) is 9.69. The highest BCUT2D eigenvalue weighted by atomic mass is 16.1. The number of hydrogen-bond acceptors (Lipinski definition) is 2. The summed E-state index contributed by atoms with van der Waals surface area (Å²) in [7, 11) is 0. The zero-order valence-electron chi connectivity index (χ0n) is 20.4. The summed E-state index contributed by atoms with van der Waals surface area (Å²) >= 11 is 0. The van der Waals surface area contributed by atoms with Crippen LogP contribution >= 0.6 is 0 Å². The Labute approximate surface area is 184 Å². The van der Waals surface area contributed by atoms with Crippen LogP contribution in [0.1, 0.15) is 99.8 Å². The van der Waals surface area contributed by atoms with E-state index < -0.39 is 0 Å². The van der Waals surface area contributed by atoms with Gasteiger partial charge in [-0.3, -0.25) is 9.59 Å². The van der Waals surface area contributed by atoms with Crippen LogP contribution in [0.4, 0.5) is 0 Å². The Morgan fingerprint density at radius 1 is 0.833 bits per heavy atom. The van der Waals surface area contributed by atoms with Gasteiger partial charge in [0.2, 0.25) is 0 Å².